The van der Waals surface area contributed by atoms with Crippen LogP contribution in [0.3, 0.4) is 0 Å². The molecule has 0 nitrogen and oxygen atoms in total. The molecule has 0 radical (unpaired) electrons. The fourth-order valence-electron chi connectivity index (χ4n) is 0.390. The van der Waals surface area contributed by atoms with E-state index in [2.05, 4.69) is 18.8 Å². The summed E-state index contributed by atoms with van der Waals surface area (Å²) in [5.41, 5.74) is 0. The average molecular weight is 144 g/mol. The van der Waals surface area contributed by atoms with Crippen molar-refractivity contribution < 1.29 is 0 Å². The van der Waals surface area contributed by atoms with Gasteiger partial charge < -0.3 is 0 Å². The Bertz CT molecular complexity index is 78.7. The third-order valence-corrected chi connectivity index (χ3v) is 0.832. The summed E-state index contributed by atoms with van der Waals surface area (Å²) in [5.74, 6) is 5.85. The van der Waals surface area contributed by atoms with Gasteiger partial charge in [0.05, 0.1) is 0 Å². The molecular formula is C7H14Na2. The summed E-state index contributed by atoms with van der Waals surface area (Å²) in [6.07, 6.45) is 3.59. The maximum atomic E-state index is 3.00. The van der Waals surface area contributed by atoms with Gasteiger partial charge in [-0.1, -0.05) is 13.3 Å². The second-order valence-corrected chi connectivity index (χ2v) is 1.53. The molecule has 0 amide bonds. The SMILES string of the molecule is CC#CCCCC.[NaH].[NaH]. The fourth-order valence-corrected chi connectivity index (χ4v) is 0.390. The molecule has 2 heteroatoms. The first-order chi connectivity index (χ1) is 3.41. The first-order valence-electron chi connectivity index (χ1n) is 2.81. The third-order valence-electron chi connectivity index (χ3n) is 0.832. The predicted octanol–water partition coefficient (Wildman–Crippen LogP) is 0.903. The molecular weight excluding hydrogens is 130 g/mol. The van der Waals surface area contributed by atoms with Gasteiger partial charge in [0.1, 0.15) is 0 Å². The molecule has 0 bridgehead atoms. The molecule has 0 aliphatic carbocycles. The van der Waals surface area contributed by atoms with Gasteiger partial charge in [-0.25, -0.2) is 0 Å². The van der Waals surface area contributed by atoms with Crippen molar-refractivity contribution in [2.24, 2.45) is 0 Å². The average Bonchev–Trinajstić information content (AvgIpc) is 1.69. The van der Waals surface area contributed by atoms with Crippen molar-refractivity contribution in [3.8, 4) is 11.8 Å². The molecule has 0 unspecified atom stereocenters. The van der Waals surface area contributed by atoms with E-state index in [1.165, 1.54) is 12.8 Å². The molecule has 0 rings (SSSR count). The summed E-state index contributed by atoms with van der Waals surface area (Å²) >= 11 is 0. The molecule has 0 aliphatic heterocycles. The molecule has 0 spiro atoms. The van der Waals surface area contributed by atoms with Crippen LogP contribution in [0.15, 0.2) is 0 Å². The topological polar surface area (TPSA) is 0 Å². The summed E-state index contributed by atoms with van der Waals surface area (Å²) in [6.45, 7) is 4.06. The van der Waals surface area contributed by atoms with E-state index in [1.807, 2.05) is 6.92 Å². The minimum atomic E-state index is 0. The maximum absolute atomic E-state index is 3.00. The third kappa shape index (κ3) is 17.7. The molecule has 0 saturated heterocycles. The van der Waals surface area contributed by atoms with Gasteiger partial charge >= 0.3 is 59.1 Å². The number of unbranched alkanes of at least 4 members (excludes halogenated alkanes) is 2. The predicted molar refractivity (Wildman–Crippen MR) is 47.3 cm³/mol. The summed E-state index contributed by atoms with van der Waals surface area (Å²) in [4.78, 5) is 0. The van der Waals surface area contributed by atoms with Gasteiger partial charge in [-0.2, -0.15) is 0 Å². The molecule has 0 fully saturated rings. The van der Waals surface area contributed by atoms with E-state index in [0.29, 0.717) is 0 Å². The van der Waals surface area contributed by atoms with Crippen molar-refractivity contribution in [3.63, 3.8) is 0 Å². The van der Waals surface area contributed by atoms with Crippen LogP contribution in [0, 0.1) is 11.8 Å². The second kappa shape index (κ2) is 16.3. The van der Waals surface area contributed by atoms with Crippen LogP contribution in [0.1, 0.15) is 33.1 Å². The molecule has 44 valence electrons. The van der Waals surface area contributed by atoms with Gasteiger partial charge in [-0.05, 0) is 13.3 Å². The zero-order valence-electron chi connectivity index (χ0n) is 5.12. The molecule has 9 heavy (non-hydrogen) atoms. The second-order valence-electron chi connectivity index (χ2n) is 1.53. The van der Waals surface area contributed by atoms with E-state index in [9.17, 15) is 0 Å². The van der Waals surface area contributed by atoms with E-state index in [4.69, 9.17) is 0 Å². The molecule has 0 heterocycles. The van der Waals surface area contributed by atoms with Gasteiger partial charge in [0.2, 0.25) is 0 Å². The number of hydrogen-bond donors (Lipinski definition) is 0. The summed E-state index contributed by atoms with van der Waals surface area (Å²) in [7, 11) is 0. The van der Waals surface area contributed by atoms with E-state index < -0.39 is 0 Å². The molecule has 0 aromatic rings. The number of hydrogen-bond acceptors (Lipinski definition) is 0. The van der Waals surface area contributed by atoms with Crippen molar-refractivity contribution >= 4 is 59.1 Å². The summed E-state index contributed by atoms with van der Waals surface area (Å²) < 4.78 is 0. The Morgan fingerprint density at radius 3 is 2.11 bits per heavy atom. The van der Waals surface area contributed by atoms with Crippen molar-refractivity contribution in [2.75, 3.05) is 0 Å². The van der Waals surface area contributed by atoms with Gasteiger partial charge in [-0.3, -0.25) is 0 Å². The van der Waals surface area contributed by atoms with Crippen LogP contribution in [-0.4, -0.2) is 59.1 Å². The first-order valence-corrected chi connectivity index (χ1v) is 2.81. The number of rotatable bonds is 2. The quantitative estimate of drug-likeness (QED) is 0.307. The van der Waals surface area contributed by atoms with E-state index in [0.717, 1.165) is 6.42 Å². The van der Waals surface area contributed by atoms with Crippen molar-refractivity contribution in [1.82, 2.24) is 0 Å². The molecule has 0 atom stereocenters. The normalized spacial score (nSPS) is 5.56. The van der Waals surface area contributed by atoms with E-state index in [1.54, 1.807) is 0 Å². The van der Waals surface area contributed by atoms with Crippen LogP contribution >= 0.6 is 0 Å². The standard InChI is InChI=1S/C7H12.2Na.2H/c1-3-5-7-6-4-2;;;;/h3,5,7H2,1-2H3;;;;. The monoisotopic (exact) mass is 144 g/mol. The Balaban J connectivity index is -0.000000180. The first kappa shape index (κ1) is 16.9. The Morgan fingerprint density at radius 2 is 1.78 bits per heavy atom. The Morgan fingerprint density at radius 1 is 1.22 bits per heavy atom. The van der Waals surface area contributed by atoms with E-state index >= 15 is 0 Å². The van der Waals surface area contributed by atoms with Crippen LogP contribution < -0.4 is 0 Å². The summed E-state index contributed by atoms with van der Waals surface area (Å²) in [6, 6.07) is 0. The van der Waals surface area contributed by atoms with Crippen LogP contribution in [-0.2, 0) is 0 Å². The summed E-state index contributed by atoms with van der Waals surface area (Å²) in [5, 5.41) is 0. The van der Waals surface area contributed by atoms with Crippen molar-refractivity contribution in [2.45, 2.75) is 33.1 Å². The molecule has 0 N–H and O–H groups in total. The van der Waals surface area contributed by atoms with Crippen LogP contribution in [0.2, 0.25) is 0 Å². The molecule has 0 aromatic carbocycles. The van der Waals surface area contributed by atoms with Crippen molar-refractivity contribution in [1.29, 1.82) is 0 Å². The van der Waals surface area contributed by atoms with Crippen LogP contribution in [0.5, 0.6) is 0 Å². The van der Waals surface area contributed by atoms with E-state index in [-0.39, 0.29) is 59.1 Å². The van der Waals surface area contributed by atoms with Gasteiger partial charge in [0.25, 0.3) is 0 Å². The van der Waals surface area contributed by atoms with Crippen molar-refractivity contribution in [3.05, 3.63) is 0 Å². The molecule has 0 saturated carbocycles. The molecule has 0 aromatic heterocycles. The Hall–Kier alpha value is 1.56. The van der Waals surface area contributed by atoms with Gasteiger partial charge in [0, 0.05) is 6.42 Å². The zero-order valence-corrected chi connectivity index (χ0v) is 5.12. The minimum absolute atomic E-state index is 0. The fraction of sp³-hybridized carbons (Fsp3) is 0.714. The zero-order chi connectivity index (χ0) is 5.54. The van der Waals surface area contributed by atoms with Crippen LogP contribution in [0.25, 0.3) is 0 Å². The van der Waals surface area contributed by atoms with Gasteiger partial charge in [-0.15, -0.1) is 11.8 Å². The Labute approximate surface area is 103 Å². The van der Waals surface area contributed by atoms with Gasteiger partial charge in [0.15, 0.2) is 0 Å². The van der Waals surface area contributed by atoms with Crippen LogP contribution in [0.4, 0.5) is 0 Å². The Kier molecular flexibility index (Phi) is 30.5. The molecule has 0 aliphatic rings.